The van der Waals surface area contributed by atoms with Crippen LogP contribution in [0.15, 0.2) is 39.7 Å². The Bertz CT molecular complexity index is 1170. The highest BCUT2D eigenvalue weighted by Gasteiger charge is 2.40. The molecule has 1 amide bonds. The van der Waals surface area contributed by atoms with Gasteiger partial charge in [0, 0.05) is 16.6 Å². The van der Waals surface area contributed by atoms with Crippen molar-refractivity contribution < 1.29 is 28.5 Å². The van der Waals surface area contributed by atoms with E-state index >= 15 is 0 Å². The van der Waals surface area contributed by atoms with Gasteiger partial charge in [-0.05, 0) is 55.2 Å². The number of phenolic OH excluding ortho intramolecular Hbond substituents is 2. The van der Waals surface area contributed by atoms with Crippen LogP contribution in [0.3, 0.4) is 0 Å². The number of hydrogen-bond donors (Lipinski definition) is 4. The minimum atomic E-state index is -4.10. The fourth-order valence-corrected chi connectivity index (χ4v) is 5.52. The van der Waals surface area contributed by atoms with Gasteiger partial charge in [-0.3, -0.25) is 4.79 Å². The molecule has 2 aromatic rings. The molecule has 4 N–H and O–H groups in total. The number of phenols is 2. The predicted octanol–water partition coefficient (Wildman–Crippen LogP) is 2.50. The number of aromatic hydroxyl groups is 2. The average molecular weight is 509 g/mol. The number of benzene rings is 2. The Morgan fingerprint density at radius 3 is 2.52 bits per heavy atom. The summed E-state index contributed by atoms with van der Waals surface area (Å²) in [5, 5.41) is 41.8. The second kappa shape index (κ2) is 8.86. The number of nitriles is 1. The first-order valence-corrected chi connectivity index (χ1v) is 12.0. The van der Waals surface area contributed by atoms with Gasteiger partial charge in [-0.15, -0.1) is 0 Å². The van der Waals surface area contributed by atoms with Crippen LogP contribution < -0.4 is 5.32 Å². The van der Waals surface area contributed by atoms with Crippen LogP contribution >= 0.6 is 15.9 Å². The molecule has 0 heterocycles. The number of carbonyl (C=O) groups excluding carboxylic acids is 1. The lowest BCUT2D eigenvalue weighted by molar-refractivity contribution is 0.0941. The highest BCUT2D eigenvalue weighted by molar-refractivity contribution is 9.10. The Morgan fingerprint density at radius 2 is 1.94 bits per heavy atom. The van der Waals surface area contributed by atoms with Crippen molar-refractivity contribution >= 4 is 31.7 Å². The summed E-state index contributed by atoms with van der Waals surface area (Å²) in [4.78, 5) is 12.2. The van der Waals surface area contributed by atoms with Gasteiger partial charge in [-0.2, -0.15) is 5.26 Å². The molecule has 2 aromatic carbocycles. The molecule has 1 saturated carbocycles. The Kier molecular flexibility index (Phi) is 6.59. The van der Waals surface area contributed by atoms with Crippen LogP contribution in [0.1, 0.15) is 40.7 Å². The summed E-state index contributed by atoms with van der Waals surface area (Å²) < 4.78 is 26.5. The smallest absolute Gasteiger partial charge is 0.255 e. The number of sulfone groups is 1. The summed E-state index contributed by atoms with van der Waals surface area (Å²) in [5.41, 5.74) is -0.614. The highest BCUT2D eigenvalue weighted by Crippen LogP contribution is 2.45. The Labute approximate surface area is 188 Å². The van der Waals surface area contributed by atoms with E-state index in [1.807, 2.05) is 0 Å². The lowest BCUT2D eigenvalue weighted by Gasteiger charge is -2.36. The molecule has 1 fully saturated rings. The van der Waals surface area contributed by atoms with Crippen LogP contribution in [-0.4, -0.2) is 42.8 Å². The maximum atomic E-state index is 13.0. The zero-order valence-corrected chi connectivity index (χ0v) is 18.8. The molecule has 0 unspecified atom stereocenters. The number of nitrogens with zero attached hydrogens (tertiary/aromatic N) is 1. The number of carbonyl (C=O) groups is 1. The number of hydrogen-bond acceptors (Lipinski definition) is 7. The summed E-state index contributed by atoms with van der Waals surface area (Å²) in [7, 11) is -4.10. The monoisotopic (exact) mass is 508 g/mol. The van der Waals surface area contributed by atoms with E-state index in [9.17, 15) is 28.7 Å². The number of halogens is 1. The van der Waals surface area contributed by atoms with Crippen LogP contribution in [0.2, 0.25) is 0 Å². The largest absolute Gasteiger partial charge is 0.507 e. The Hall–Kier alpha value is -2.61. The number of amides is 1. The SMILES string of the molecule is N#CC1(c2cc(CS(=O)(=O)c3cc(Br)ccc3O)c(O)c(C(=O)NCCO)c2)CCC1. The molecule has 31 heavy (non-hydrogen) atoms. The molecule has 0 spiro atoms. The zero-order chi connectivity index (χ0) is 22.8. The lowest BCUT2D eigenvalue weighted by atomic mass is 9.65. The van der Waals surface area contributed by atoms with E-state index in [-0.39, 0.29) is 29.2 Å². The van der Waals surface area contributed by atoms with Crippen molar-refractivity contribution in [3.8, 4) is 17.6 Å². The molecular formula is C21H21BrN2O6S. The minimum Gasteiger partial charge on any atom is -0.507 e. The van der Waals surface area contributed by atoms with Crippen molar-refractivity contribution in [3.63, 3.8) is 0 Å². The first kappa shape index (κ1) is 23.1. The summed E-state index contributed by atoms with van der Waals surface area (Å²) >= 11 is 3.17. The molecule has 1 aliphatic rings. The molecule has 10 heteroatoms. The summed E-state index contributed by atoms with van der Waals surface area (Å²) in [6.45, 7) is -0.358. The molecular weight excluding hydrogens is 488 g/mol. The van der Waals surface area contributed by atoms with Crippen molar-refractivity contribution in [2.75, 3.05) is 13.2 Å². The third-order valence-corrected chi connectivity index (χ3v) is 7.59. The number of rotatable bonds is 7. The quantitative estimate of drug-likeness (QED) is 0.448. The maximum absolute atomic E-state index is 13.0. The van der Waals surface area contributed by atoms with Crippen LogP contribution in [0.25, 0.3) is 0 Å². The molecule has 0 aliphatic heterocycles. The van der Waals surface area contributed by atoms with Gasteiger partial charge in [0.2, 0.25) is 0 Å². The van der Waals surface area contributed by atoms with Gasteiger partial charge >= 0.3 is 0 Å². The Balaban J connectivity index is 2.11. The molecule has 164 valence electrons. The maximum Gasteiger partial charge on any atom is 0.255 e. The summed E-state index contributed by atoms with van der Waals surface area (Å²) in [5.74, 6) is -2.33. The topological polar surface area (TPSA) is 148 Å². The van der Waals surface area contributed by atoms with Crippen LogP contribution in [0, 0.1) is 11.3 Å². The van der Waals surface area contributed by atoms with Crippen molar-refractivity contribution in [1.29, 1.82) is 5.26 Å². The van der Waals surface area contributed by atoms with Crippen LogP contribution in [-0.2, 0) is 21.0 Å². The van der Waals surface area contributed by atoms with E-state index in [2.05, 4.69) is 27.3 Å². The molecule has 3 rings (SSSR count). The van der Waals surface area contributed by atoms with Crippen LogP contribution in [0.4, 0.5) is 0 Å². The Morgan fingerprint density at radius 1 is 1.23 bits per heavy atom. The van der Waals surface area contributed by atoms with Gasteiger partial charge in [-0.25, -0.2) is 8.42 Å². The van der Waals surface area contributed by atoms with Gasteiger partial charge in [0.05, 0.1) is 29.4 Å². The van der Waals surface area contributed by atoms with Gasteiger partial charge < -0.3 is 20.6 Å². The van der Waals surface area contributed by atoms with E-state index in [1.54, 1.807) is 0 Å². The number of aliphatic hydroxyl groups is 1. The second-order valence-electron chi connectivity index (χ2n) is 7.43. The van der Waals surface area contributed by atoms with Crippen molar-refractivity contribution in [2.24, 2.45) is 0 Å². The minimum absolute atomic E-state index is 0.0486. The number of nitrogens with one attached hydrogen (secondary N) is 1. The van der Waals surface area contributed by atoms with E-state index in [4.69, 9.17) is 5.11 Å². The van der Waals surface area contributed by atoms with Gasteiger partial charge in [0.25, 0.3) is 5.91 Å². The van der Waals surface area contributed by atoms with Crippen molar-refractivity contribution in [2.45, 2.75) is 35.3 Å². The lowest BCUT2D eigenvalue weighted by Crippen LogP contribution is -2.33. The highest BCUT2D eigenvalue weighted by atomic mass is 79.9. The van der Waals surface area contributed by atoms with E-state index < -0.39 is 38.4 Å². The third kappa shape index (κ3) is 4.54. The van der Waals surface area contributed by atoms with Gasteiger partial charge in [-0.1, -0.05) is 15.9 Å². The van der Waals surface area contributed by atoms with E-state index in [1.165, 1.54) is 30.3 Å². The first-order chi connectivity index (χ1) is 14.6. The number of aliphatic hydroxyl groups excluding tert-OH is 1. The first-order valence-electron chi connectivity index (χ1n) is 9.51. The predicted molar refractivity (Wildman–Crippen MR) is 115 cm³/mol. The van der Waals surface area contributed by atoms with Crippen molar-refractivity contribution in [3.05, 3.63) is 51.5 Å². The molecule has 0 radical (unpaired) electrons. The normalized spacial score (nSPS) is 15.0. The third-order valence-electron chi connectivity index (χ3n) is 5.41. The zero-order valence-electron chi connectivity index (χ0n) is 16.4. The van der Waals surface area contributed by atoms with E-state index in [0.717, 1.165) is 6.42 Å². The molecule has 0 atom stereocenters. The summed E-state index contributed by atoms with van der Waals surface area (Å²) in [6.07, 6.45) is 1.94. The van der Waals surface area contributed by atoms with E-state index in [0.29, 0.717) is 22.9 Å². The molecule has 8 nitrogen and oxygen atoms in total. The molecule has 0 aromatic heterocycles. The second-order valence-corrected chi connectivity index (χ2v) is 10.3. The molecule has 0 saturated heterocycles. The standard InChI is InChI=1S/C21H21BrN2O6S/c22-15-2-3-17(26)18(10-15)31(29,30)11-13-8-14(21(12-23)4-1-5-21)9-16(19(13)27)20(28)24-6-7-25/h2-3,8-10,25-27H,1,4-7,11H2,(H,24,28). The van der Waals surface area contributed by atoms with Gasteiger partial charge in [0.15, 0.2) is 9.84 Å². The fraction of sp³-hybridized carbons (Fsp3) is 0.333. The molecule has 0 bridgehead atoms. The van der Waals surface area contributed by atoms with Crippen LogP contribution in [0.5, 0.6) is 11.5 Å². The summed E-state index contributed by atoms with van der Waals surface area (Å²) in [6, 6.07) is 9.07. The fourth-order valence-electron chi connectivity index (χ4n) is 3.53. The molecule has 1 aliphatic carbocycles. The average Bonchev–Trinajstić information content (AvgIpc) is 2.69. The van der Waals surface area contributed by atoms with Crippen molar-refractivity contribution in [1.82, 2.24) is 5.32 Å². The van der Waals surface area contributed by atoms with Gasteiger partial charge in [0.1, 0.15) is 16.4 Å².